The molecule has 2 heterocycles. The molecular weight excluding hydrogens is 228 g/mol. The Balaban J connectivity index is 1.90. The SMILES string of the molecule is O=C(O)C1(Nc2ccccc2)CCN2CCC1C2. The number of hydrogen-bond acceptors (Lipinski definition) is 3. The van der Waals surface area contributed by atoms with Crippen LogP contribution in [0.15, 0.2) is 30.3 Å². The highest BCUT2D eigenvalue weighted by molar-refractivity contribution is 5.83. The Bertz CT molecular complexity index is 448. The number of nitrogens with zero attached hydrogens (tertiary/aromatic N) is 1. The fourth-order valence-corrected chi connectivity index (χ4v) is 3.26. The summed E-state index contributed by atoms with van der Waals surface area (Å²) >= 11 is 0. The molecule has 18 heavy (non-hydrogen) atoms. The lowest BCUT2D eigenvalue weighted by atomic mass is 9.78. The lowest BCUT2D eigenvalue weighted by molar-refractivity contribution is -0.145. The lowest BCUT2D eigenvalue weighted by Gasteiger charge is -2.40. The van der Waals surface area contributed by atoms with Gasteiger partial charge in [-0.1, -0.05) is 18.2 Å². The van der Waals surface area contributed by atoms with E-state index in [0.29, 0.717) is 6.42 Å². The molecule has 3 rings (SSSR count). The van der Waals surface area contributed by atoms with E-state index >= 15 is 0 Å². The van der Waals surface area contributed by atoms with Crippen molar-refractivity contribution in [1.82, 2.24) is 4.90 Å². The zero-order valence-corrected chi connectivity index (χ0v) is 10.3. The van der Waals surface area contributed by atoms with Gasteiger partial charge < -0.3 is 15.3 Å². The van der Waals surface area contributed by atoms with Crippen molar-refractivity contribution in [3.05, 3.63) is 30.3 Å². The van der Waals surface area contributed by atoms with Gasteiger partial charge in [0.15, 0.2) is 0 Å². The summed E-state index contributed by atoms with van der Waals surface area (Å²) in [4.78, 5) is 14.1. The number of fused-ring (bicyclic) bond motifs is 2. The Hall–Kier alpha value is -1.55. The summed E-state index contributed by atoms with van der Waals surface area (Å²) in [6, 6.07) is 9.68. The number of piperidine rings is 1. The number of nitrogens with one attached hydrogen (secondary N) is 1. The van der Waals surface area contributed by atoms with Gasteiger partial charge in [-0.2, -0.15) is 0 Å². The van der Waals surface area contributed by atoms with Gasteiger partial charge in [0.1, 0.15) is 5.54 Å². The number of benzene rings is 1. The molecule has 0 radical (unpaired) electrons. The second kappa shape index (κ2) is 4.28. The van der Waals surface area contributed by atoms with Crippen LogP contribution in [0.2, 0.25) is 0 Å². The second-order valence-corrected chi connectivity index (χ2v) is 5.30. The highest BCUT2D eigenvalue weighted by Gasteiger charge is 2.51. The van der Waals surface area contributed by atoms with E-state index in [0.717, 1.165) is 31.7 Å². The molecule has 3 unspecified atom stereocenters. The molecule has 0 saturated carbocycles. The van der Waals surface area contributed by atoms with Crippen LogP contribution in [-0.4, -0.2) is 41.1 Å². The van der Waals surface area contributed by atoms with Crippen molar-refractivity contribution in [3.63, 3.8) is 0 Å². The molecule has 0 aromatic heterocycles. The molecule has 2 aliphatic rings. The number of carboxylic acids is 1. The molecule has 3 atom stereocenters. The maximum Gasteiger partial charge on any atom is 0.329 e. The Kier molecular flexibility index (Phi) is 2.74. The molecule has 1 aromatic carbocycles. The maximum atomic E-state index is 11.8. The smallest absolute Gasteiger partial charge is 0.329 e. The first-order valence-electron chi connectivity index (χ1n) is 6.50. The van der Waals surface area contributed by atoms with E-state index in [4.69, 9.17) is 0 Å². The van der Waals surface area contributed by atoms with Gasteiger partial charge in [0.05, 0.1) is 0 Å². The molecule has 2 bridgehead atoms. The third-order valence-corrected chi connectivity index (χ3v) is 4.31. The Morgan fingerprint density at radius 3 is 2.83 bits per heavy atom. The molecule has 96 valence electrons. The van der Waals surface area contributed by atoms with E-state index in [-0.39, 0.29) is 5.92 Å². The minimum absolute atomic E-state index is 0.212. The van der Waals surface area contributed by atoms with Crippen molar-refractivity contribution in [2.45, 2.75) is 18.4 Å². The summed E-state index contributed by atoms with van der Waals surface area (Å²) < 4.78 is 0. The molecule has 1 aromatic rings. The monoisotopic (exact) mass is 246 g/mol. The third-order valence-electron chi connectivity index (χ3n) is 4.31. The van der Waals surface area contributed by atoms with Crippen LogP contribution in [0.3, 0.4) is 0 Å². The Labute approximate surface area is 107 Å². The number of hydrogen-bond donors (Lipinski definition) is 2. The van der Waals surface area contributed by atoms with E-state index in [1.807, 2.05) is 30.3 Å². The molecule has 0 amide bonds. The average molecular weight is 246 g/mol. The molecule has 2 saturated heterocycles. The molecule has 2 N–H and O–H groups in total. The van der Waals surface area contributed by atoms with Gasteiger partial charge in [0.2, 0.25) is 0 Å². The van der Waals surface area contributed by atoms with Crippen LogP contribution in [0.5, 0.6) is 0 Å². The van der Waals surface area contributed by atoms with Crippen molar-refractivity contribution in [1.29, 1.82) is 0 Å². The standard InChI is InChI=1S/C14H18N2O2/c17-13(18)14(15-12-4-2-1-3-5-12)7-9-16-8-6-11(14)10-16/h1-5,11,15H,6-10H2,(H,17,18). The second-order valence-electron chi connectivity index (χ2n) is 5.30. The van der Waals surface area contributed by atoms with Gasteiger partial charge in [-0.15, -0.1) is 0 Å². The van der Waals surface area contributed by atoms with E-state index < -0.39 is 11.5 Å². The minimum atomic E-state index is -0.783. The van der Waals surface area contributed by atoms with E-state index in [1.165, 1.54) is 0 Å². The predicted octanol–water partition coefficient (Wildman–Crippen LogP) is 1.65. The van der Waals surface area contributed by atoms with Crippen LogP contribution >= 0.6 is 0 Å². The largest absolute Gasteiger partial charge is 0.479 e. The van der Waals surface area contributed by atoms with Gasteiger partial charge in [-0.25, -0.2) is 4.79 Å². The van der Waals surface area contributed by atoms with Crippen molar-refractivity contribution in [2.24, 2.45) is 5.92 Å². The topological polar surface area (TPSA) is 52.6 Å². The summed E-state index contributed by atoms with van der Waals surface area (Å²) in [5, 5.41) is 13.0. The quantitative estimate of drug-likeness (QED) is 0.851. The number of anilines is 1. The van der Waals surface area contributed by atoms with Crippen LogP contribution in [0.25, 0.3) is 0 Å². The van der Waals surface area contributed by atoms with Crippen LogP contribution < -0.4 is 5.32 Å². The van der Waals surface area contributed by atoms with E-state index in [2.05, 4.69) is 10.2 Å². The zero-order chi connectivity index (χ0) is 12.6. The van der Waals surface area contributed by atoms with Crippen LogP contribution in [0, 0.1) is 5.92 Å². The van der Waals surface area contributed by atoms with Crippen LogP contribution in [0.4, 0.5) is 5.69 Å². The van der Waals surface area contributed by atoms with Gasteiger partial charge in [-0.3, -0.25) is 0 Å². The van der Waals surface area contributed by atoms with Gasteiger partial charge in [0, 0.05) is 24.7 Å². The average Bonchev–Trinajstić information content (AvgIpc) is 2.78. The first-order chi connectivity index (χ1) is 8.71. The summed E-state index contributed by atoms with van der Waals surface area (Å²) in [7, 11) is 0. The normalized spacial score (nSPS) is 34.2. The van der Waals surface area contributed by atoms with E-state index in [1.54, 1.807) is 0 Å². The molecule has 4 heteroatoms. The summed E-state index contributed by atoms with van der Waals surface area (Å²) in [6.45, 7) is 2.82. The molecule has 0 spiro atoms. The van der Waals surface area contributed by atoms with Crippen LogP contribution in [-0.2, 0) is 4.79 Å². The summed E-state index contributed by atoms with van der Waals surface area (Å²) in [6.07, 6.45) is 1.66. The number of carboxylic acid groups (broad SMARTS) is 1. The lowest BCUT2D eigenvalue weighted by Crippen LogP contribution is -2.57. The Morgan fingerprint density at radius 1 is 1.33 bits per heavy atom. The fraction of sp³-hybridized carbons (Fsp3) is 0.500. The van der Waals surface area contributed by atoms with Crippen molar-refractivity contribution < 1.29 is 9.90 Å². The molecular formula is C14H18N2O2. The maximum absolute atomic E-state index is 11.8. The predicted molar refractivity (Wildman–Crippen MR) is 69.6 cm³/mol. The number of carbonyl (C=O) groups is 1. The van der Waals surface area contributed by atoms with Gasteiger partial charge in [0.25, 0.3) is 0 Å². The molecule has 2 fully saturated rings. The number of para-hydroxylation sites is 1. The number of aliphatic carboxylic acids is 1. The Morgan fingerprint density at radius 2 is 2.11 bits per heavy atom. The first-order valence-corrected chi connectivity index (χ1v) is 6.50. The van der Waals surface area contributed by atoms with Gasteiger partial charge >= 0.3 is 5.97 Å². The summed E-state index contributed by atoms with van der Waals surface area (Å²) in [5.74, 6) is -0.498. The van der Waals surface area contributed by atoms with Gasteiger partial charge in [-0.05, 0) is 31.5 Å². The summed E-state index contributed by atoms with van der Waals surface area (Å²) in [5.41, 5.74) is 0.120. The zero-order valence-electron chi connectivity index (χ0n) is 10.3. The van der Waals surface area contributed by atoms with Crippen LogP contribution in [0.1, 0.15) is 12.8 Å². The van der Waals surface area contributed by atoms with Crippen molar-refractivity contribution >= 4 is 11.7 Å². The molecule has 4 nitrogen and oxygen atoms in total. The van der Waals surface area contributed by atoms with Crippen molar-refractivity contribution in [3.8, 4) is 0 Å². The fourth-order valence-electron chi connectivity index (χ4n) is 3.26. The first kappa shape index (κ1) is 11.5. The highest BCUT2D eigenvalue weighted by Crippen LogP contribution is 2.38. The minimum Gasteiger partial charge on any atom is -0.479 e. The number of rotatable bonds is 3. The highest BCUT2D eigenvalue weighted by atomic mass is 16.4. The third kappa shape index (κ3) is 1.77. The van der Waals surface area contributed by atoms with E-state index in [9.17, 15) is 9.90 Å². The van der Waals surface area contributed by atoms with Crippen molar-refractivity contribution in [2.75, 3.05) is 25.0 Å². The molecule has 0 aliphatic carbocycles. The molecule has 2 aliphatic heterocycles.